The van der Waals surface area contributed by atoms with Crippen LogP contribution in [0.3, 0.4) is 0 Å². The van der Waals surface area contributed by atoms with E-state index in [9.17, 15) is 9.59 Å². The van der Waals surface area contributed by atoms with Crippen LogP contribution >= 0.6 is 11.8 Å². The molecule has 3 rings (SSSR count). The zero-order chi connectivity index (χ0) is 22.7. The van der Waals surface area contributed by atoms with Crippen LogP contribution in [-0.2, 0) is 4.74 Å². The summed E-state index contributed by atoms with van der Waals surface area (Å²) in [5.41, 5.74) is 3.67. The van der Waals surface area contributed by atoms with Crippen molar-refractivity contribution in [3.8, 4) is 11.4 Å². The van der Waals surface area contributed by atoms with Crippen molar-refractivity contribution in [1.82, 2.24) is 25.2 Å². The minimum atomic E-state index is -0.507. The van der Waals surface area contributed by atoms with Crippen molar-refractivity contribution in [2.75, 3.05) is 13.7 Å². The van der Waals surface area contributed by atoms with Gasteiger partial charge in [-0.3, -0.25) is 4.79 Å². The number of thioether (sulfide) groups is 1. The molecule has 1 N–H and O–H groups in total. The number of aromatic amines is 1. The third kappa shape index (κ3) is 4.48. The standard InChI is InChI=1S/C21H25N5O4S/c1-7-30-20(28)17-12(3)18(22-13(17)4)19(27)14(5)31-21-23-24-25-26(21)15-10-11(2)8-9-16(15)29-6/h8-10,14,22H,7H2,1-6H3/t14-/m0/s1. The fourth-order valence-corrected chi connectivity index (χ4v) is 4.15. The SMILES string of the molecule is CCOC(=O)c1c(C)[nH]c(C(=O)[C@H](C)Sc2nnnn2-c2cc(C)ccc2OC)c1C. The highest BCUT2D eigenvalue weighted by Crippen LogP contribution is 2.30. The number of rotatable bonds is 8. The Labute approximate surface area is 184 Å². The minimum absolute atomic E-state index is 0.160. The van der Waals surface area contributed by atoms with E-state index >= 15 is 0 Å². The predicted octanol–water partition coefficient (Wildman–Crippen LogP) is 3.46. The molecule has 0 saturated heterocycles. The van der Waals surface area contributed by atoms with E-state index in [1.165, 1.54) is 11.8 Å². The van der Waals surface area contributed by atoms with E-state index in [0.29, 0.717) is 39.1 Å². The molecule has 0 saturated carbocycles. The molecule has 1 atom stereocenters. The third-order valence-electron chi connectivity index (χ3n) is 4.82. The first-order valence-electron chi connectivity index (χ1n) is 9.79. The van der Waals surface area contributed by atoms with Gasteiger partial charge >= 0.3 is 5.97 Å². The van der Waals surface area contributed by atoms with Gasteiger partial charge in [0.1, 0.15) is 11.4 Å². The van der Waals surface area contributed by atoms with Crippen LogP contribution in [0.25, 0.3) is 5.69 Å². The van der Waals surface area contributed by atoms with Crippen LogP contribution in [0.2, 0.25) is 0 Å². The largest absolute Gasteiger partial charge is 0.494 e. The highest BCUT2D eigenvalue weighted by atomic mass is 32.2. The second kappa shape index (κ2) is 9.34. The predicted molar refractivity (Wildman–Crippen MR) is 116 cm³/mol. The van der Waals surface area contributed by atoms with Gasteiger partial charge in [0.05, 0.1) is 30.2 Å². The van der Waals surface area contributed by atoms with Crippen LogP contribution in [0.1, 0.15) is 51.5 Å². The number of nitrogens with one attached hydrogen (secondary N) is 1. The summed E-state index contributed by atoms with van der Waals surface area (Å²) >= 11 is 1.23. The maximum Gasteiger partial charge on any atom is 0.340 e. The van der Waals surface area contributed by atoms with E-state index in [1.807, 2.05) is 25.1 Å². The number of carbonyl (C=O) groups is 2. The van der Waals surface area contributed by atoms with Crippen molar-refractivity contribution < 1.29 is 19.1 Å². The van der Waals surface area contributed by atoms with Gasteiger partial charge < -0.3 is 14.5 Å². The molecule has 0 unspecified atom stereocenters. The Balaban J connectivity index is 1.88. The first-order chi connectivity index (χ1) is 14.8. The Hall–Kier alpha value is -3.14. The molecule has 0 spiro atoms. The van der Waals surface area contributed by atoms with Crippen molar-refractivity contribution in [2.24, 2.45) is 0 Å². The van der Waals surface area contributed by atoms with Crippen LogP contribution in [0.15, 0.2) is 23.4 Å². The van der Waals surface area contributed by atoms with Gasteiger partial charge in [-0.2, -0.15) is 4.68 Å². The quantitative estimate of drug-likeness (QED) is 0.320. The van der Waals surface area contributed by atoms with E-state index in [2.05, 4.69) is 20.5 Å². The lowest BCUT2D eigenvalue weighted by Crippen LogP contribution is -2.16. The molecular formula is C21H25N5O4S. The number of nitrogens with zero attached hydrogens (tertiary/aromatic N) is 4. The Kier molecular flexibility index (Phi) is 6.79. The summed E-state index contributed by atoms with van der Waals surface area (Å²) in [6, 6.07) is 5.69. The molecule has 0 aliphatic heterocycles. The van der Waals surface area contributed by atoms with Gasteiger partial charge in [-0.1, -0.05) is 17.8 Å². The normalized spacial score (nSPS) is 11.9. The number of Topliss-reactive ketones (excluding diaryl/α,β-unsaturated/α-hetero) is 1. The number of carbonyl (C=O) groups excluding carboxylic acids is 2. The summed E-state index contributed by atoms with van der Waals surface area (Å²) in [4.78, 5) is 28.4. The van der Waals surface area contributed by atoms with E-state index < -0.39 is 11.2 Å². The number of methoxy groups -OCH3 is 1. The number of benzene rings is 1. The van der Waals surface area contributed by atoms with Gasteiger partial charge in [-0.15, -0.1) is 5.10 Å². The molecule has 0 bridgehead atoms. The molecule has 3 aromatic rings. The Morgan fingerprint density at radius 1 is 1.26 bits per heavy atom. The molecule has 2 heterocycles. The molecule has 164 valence electrons. The second-order valence-corrected chi connectivity index (χ2v) is 8.33. The Morgan fingerprint density at radius 3 is 2.68 bits per heavy atom. The maximum absolute atomic E-state index is 13.2. The van der Waals surface area contributed by atoms with Gasteiger partial charge in [0.25, 0.3) is 0 Å². The minimum Gasteiger partial charge on any atom is -0.494 e. The van der Waals surface area contributed by atoms with Crippen LogP contribution in [0, 0.1) is 20.8 Å². The zero-order valence-corrected chi connectivity index (χ0v) is 19.2. The molecule has 2 aromatic heterocycles. The van der Waals surface area contributed by atoms with Gasteiger partial charge in [-0.25, -0.2) is 4.79 Å². The summed E-state index contributed by atoms with van der Waals surface area (Å²) in [7, 11) is 1.58. The van der Waals surface area contributed by atoms with Gasteiger partial charge in [-0.05, 0) is 68.3 Å². The number of H-pyrrole nitrogens is 1. The maximum atomic E-state index is 13.2. The highest BCUT2D eigenvalue weighted by molar-refractivity contribution is 8.00. The van der Waals surface area contributed by atoms with Crippen molar-refractivity contribution in [2.45, 2.75) is 45.0 Å². The second-order valence-electron chi connectivity index (χ2n) is 7.02. The average Bonchev–Trinajstić information content (AvgIpc) is 3.31. The van der Waals surface area contributed by atoms with Gasteiger partial charge in [0.15, 0.2) is 5.78 Å². The number of aryl methyl sites for hydroxylation is 2. The lowest BCUT2D eigenvalue weighted by Gasteiger charge is -2.12. The van der Waals surface area contributed by atoms with Gasteiger partial charge in [0.2, 0.25) is 5.16 Å². The summed E-state index contributed by atoms with van der Waals surface area (Å²) < 4.78 is 12.1. The number of ketones is 1. The summed E-state index contributed by atoms with van der Waals surface area (Å²) in [5.74, 6) is 0.0177. The smallest absolute Gasteiger partial charge is 0.340 e. The number of ether oxygens (including phenoxy) is 2. The van der Waals surface area contributed by atoms with Crippen LogP contribution in [-0.4, -0.2) is 55.9 Å². The number of hydrogen-bond donors (Lipinski definition) is 1. The third-order valence-corrected chi connectivity index (χ3v) is 5.85. The van der Waals surface area contributed by atoms with Crippen molar-refractivity contribution in [3.05, 3.63) is 46.3 Å². The van der Waals surface area contributed by atoms with E-state index in [4.69, 9.17) is 9.47 Å². The topological polar surface area (TPSA) is 112 Å². The molecular weight excluding hydrogens is 418 g/mol. The molecule has 1 aromatic carbocycles. The molecule has 0 aliphatic rings. The summed E-state index contributed by atoms with van der Waals surface area (Å²) in [5, 5.41) is 11.9. The Bertz CT molecular complexity index is 1120. The van der Waals surface area contributed by atoms with Crippen molar-refractivity contribution in [3.63, 3.8) is 0 Å². The van der Waals surface area contributed by atoms with Crippen LogP contribution < -0.4 is 4.74 Å². The fraction of sp³-hybridized carbons (Fsp3) is 0.381. The number of hydrogen-bond acceptors (Lipinski definition) is 8. The molecule has 0 aliphatic carbocycles. The summed E-state index contributed by atoms with van der Waals surface area (Å²) in [6.45, 7) is 9.24. The molecule has 9 nitrogen and oxygen atoms in total. The average molecular weight is 444 g/mol. The number of esters is 1. The molecule has 10 heteroatoms. The highest BCUT2D eigenvalue weighted by Gasteiger charge is 2.27. The first-order valence-corrected chi connectivity index (χ1v) is 10.7. The van der Waals surface area contributed by atoms with E-state index in [0.717, 1.165) is 5.56 Å². The Morgan fingerprint density at radius 2 is 2.00 bits per heavy atom. The molecule has 0 fully saturated rings. The lowest BCUT2D eigenvalue weighted by atomic mass is 10.1. The molecule has 0 amide bonds. The lowest BCUT2D eigenvalue weighted by molar-refractivity contribution is 0.0525. The van der Waals surface area contributed by atoms with E-state index in [1.54, 1.807) is 39.5 Å². The monoisotopic (exact) mass is 443 g/mol. The van der Waals surface area contributed by atoms with Gasteiger partial charge in [0, 0.05) is 5.69 Å². The van der Waals surface area contributed by atoms with E-state index in [-0.39, 0.29) is 12.4 Å². The number of tetrazole rings is 1. The fourth-order valence-electron chi connectivity index (χ4n) is 3.29. The zero-order valence-electron chi connectivity index (χ0n) is 18.3. The van der Waals surface area contributed by atoms with Crippen LogP contribution in [0.4, 0.5) is 0 Å². The van der Waals surface area contributed by atoms with Crippen molar-refractivity contribution in [1.29, 1.82) is 0 Å². The summed E-state index contributed by atoms with van der Waals surface area (Å²) in [6.07, 6.45) is 0. The van der Waals surface area contributed by atoms with Crippen molar-refractivity contribution >= 4 is 23.5 Å². The van der Waals surface area contributed by atoms with Crippen LogP contribution in [0.5, 0.6) is 5.75 Å². The molecule has 31 heavy (non-hydrogen) atoms. The number of aromatic nitrogens is 5. The first kappa shape index (κ1) is 22.5. The molecule has 0 radical (unpaired) electrons.